The first-order valence-corrected chi connectivity index (χ1v) is 23.5. The van der Waals surface area contributed by atoms with Crippen molar-refractivity contribution in [3.8, 4) is 0 Å². The summed E-state index contributed by atoms with van der Waals surface area (Å²) in [5.41, 5.74) is 7.67. The quantitative estimate of drug-likeness (QED) is 0.0352. The van der Waals surface area contributed by atoms with Gasteiger partial charge in [0, 0.05) is 154 Å². The van der Waals surface area contributed by atoms with Gasteiger partial charge in [0.25, 0.3) is 0 Å². The van der Waals surface area contributed by atoms with Gasteiger partial charge in [-0.25, -0.2) is 13.7 Å². The van der Waals surface area contributed by atoms with Gasteiger partial charge in [0.15, 0.2) is 37.2 Å². The molecule has 0 amide bonds. The van der Waals surface area contributed by atoms with Crippen molar-refractivity contribution in [2.45, 2.75) is 195 Å². The third-order valence-corrected chi connectivity index (χ3v) is 11.7. The van der Waals surface area contributed by atoms with Crippen LogP contribution in [0.3, 0.4) is 0 Å². The summed E-state index contributed by atoms with van der Waals surface area (Å²) in [6, 6.07) is 25.2. The van der Waals surface area contributed by atoms with Gasteiger partial charge in [0.2, 0.25) is 0 Å². The molecule has 0 aliphatic rings. The molecule has 0 saturated heterocycles. The van der Waals surface area contributed by atoms with Gasteiger partial charge in [-0.05, 0) is 52.7 Å². The molecule has 0 fully saturated rings. The van der Waals surface area contributed by atoms with Crippen molar-refractivity contribution in [3.63, 3.8) is 0 Å². The van der Waals surface area contributed by atoms with E-state index in [2.05, 4.69) is 138 Å². The number of pyridine rings is 3. The molecule has 313 valence electrons. The summed E-state index contributed by atoms with van der Waals surface area (Å²) in [6.45, 7) is 10.1. The number of nitrogens with zero attached hydrogens (tertiary/aromatic N) is 3. The van der Waals surface area contributed by atoms with E-state index >= 15 is 0 Å². The molecule has 3 heterocycles. The summed E-state index contributed by atoms with van der Waals surface area (Å²) in [5, 5.41) is 0. The van der Waals surface area contributed by atoms with Gasteiger partial charge in [0.05, 0.1) is 0 Å². The number of aromatic nitrogens is 3. The Morgan fingerprint density at radius 1 is 0.288 bits per heavy atom. The van der Waals surface area contributed by atoms with E-state index in [9.17, 15) is 0 Å². The standard InChI is InChI=1S/C53H80N3.3Y/c1-4-7-10-13-16-19-22-28-39-54-42-33-49(34-43-54)52(48-31-26-25-27-32-48)53(50-35-44-55(45-36-50)40-29-23-20-17-14-11-8-5-2)51-37-46-56(47-38-51)41-30-24-21-18-15-12-9-6-3;;;/h25-27,31-38,42-47H,4-24,28-30,39-41H2,1-3H3;;;/q+3;;;. The first-order valence-electron chi connectivity index (χ1n) is 23.5. The minimum absolute atomic E-state index is 0. The molecule has 6 heteroatoms. The summed E-state index contributed by atoms with van der Waals surface area (Å²) >= 11 is 0. The maximum Gasteiger partial charge on any atom is 0.169 e. The maximum atomic E-state index is 2.39. The maximum absolute atomic E-state index is 2.39. The second-order valence-electron chi connectivity index (χ2n) is 16.5. The summed E-state index contributed by atoms with van der Waals surface area (Å²) in [7, 11) is 0. The average molecular weight is 1030 g/mol. The van der Waals surface area contributed by atoms with Gasteiger partial charge in [-0.3, -0.25) is 0 Å². The molecule has 4 rings (SSSR count). The van der Waals surface area contributed by atoms with Gasteiger partial charge >= 0.3 is 0 Å². The van der Waals surface area contributed by atoms with Crippen molar-refractivity contribution >= 4 is 11.1 Å². The first-order chi connectivity index (χ1) is 27.7. The van der Waals surface area contributed by atoms with Crippen molar-refractivity contribution in [2.75, 3.05) is 0 Å². The molecule has 0 aliphatic carbocycles. The molecular formula is C53H80N3Y3+3. The Morgan fingerprint density at radius 3 is 0.763 bits per heavy atom. The number of rotatable bonds is 31. The molecule has 0 bridgehead atoms. The van der Waals surface area contributed by atoms with E-state index in [0.717, 1.165) is 19.6 Å². The summed E-state index contributed by atoms with van der Waals surface area (Å²) in [4.78, 5) is 0. The van der Waals surface area contributed by atoms with Crippen LogP contribution in [-0.2, 0) is 118 Å². The second-order valence-corrected chi connectivity index (χ2v) is 16.5. The molecule has 0 atom stereocenters. The minimum Gasteiger partial charge on any atom is -0.205 e. The first kappa shape index (κ1) is 56.7. The van der Waals surface area contributed by atoms with Gasteiger partial charge in [0.1, 0.15) is 19.6 Å². The SMILES string of the molecule is CCCCCCCCCC[n+]1ccc(C(=C(c2cc[n+](CCCCCCCCCC)cc2)c2cc[n+](CCCCCCCCCC)cc2)c2ccccc2)cc1.[Y].[Y].[Y]. The summed E-state index contributed by atoms with van der Waals surface area (Å²) < 4.78 is 7.16. The minimum atomic E-state index is 0. The van der Waals surface area contributed by atoms with Crippen molar-refractivity contribution in [1.29, 1.82) is 0 Å². The van der Waals surface area contributed by atoms with Crippen LogP contribution in [0.4, 0.5) is 0 Å². The smallest absolute Gasteiger partial charge is 0.169 e. The van der Waals surface area contributed by atoms with Crippen LogP contribution < -0.4 is 13.7 Å². The Bertz CT molecular complexity index is 1520. The summed E-state index contributed by atoms with van der Waals surface area (Å²) in [6.07, 6.45) is 46.3. The van der Waals surface area contributed by atoms with E-state index in [4.69, 9.17) is 0 Å². The number of hydrogen-bond acceptors (Lipinski definition) is 0. The molecule has 0 aliphatic heterocycles. The van der Waals surface area contributed by atoms with E-state index < -0.39 is 0 Å². The van der Waals surface area contributed by atoms with E-state index in [1.165, 1.54) is 187 Å². The molecule has 3 aromatic heterocycles. The number of hydrogen-bond donors (Lipinski definition) is 0. The number of benzene rings is 1. The zero-order valence-corrected chi connectivity index (χ0v) is 46.5. The normalized spacial score (nSPS) is 10.7. The van der Waals surface area contributed by atoms with E-state index in [-0.39, 0.29) is 98.1 Å². The fourth-order valence-electron chi connectivity index (χ4n) is 8.12. The van der Waals surface area contributed by atoms with E-state index in [1.54, 1.807) is 0 Å². The van der Waals surface area contributed by atoms with Crippen LogP contribution in [0.5, 0.6) is 0 Å². The Hall–Kier alpha value is -0.278. The van der Waals surface area contributed by atoms with Gasteiger partial charge in [-0.1, -0.05) is 167 Å². The Morgan fingerprint density at radius 2 is 0.508 bits per heavy atom. The van der Waals surface area contributed by atoms with Crippen molar-refractivity contribution in [1.82, 2.24) is 0 Å². The Balaban J connectivity index is 0.00000580. The van der Waals surface area contributed by atoms with Crippen molar-refractivity contribution < 1.29 is 112 Å². The van der Waals surface area contributed by atoms with Gasteiger partial charge < -0.3 is 0 Å². The molecule has 3 nitrogen and oxygen atoms in total. The molecule has 4 aromatic rings. The van der Waals surface area contributed by atoms with Crippen LogP contribution >= 0.6 is 0 Å². The molecule has 59 heavy (non-hydrogen) atoms. The van der Waals surface area contributed by atoms with Crippen molar-refractivity contribution in [3.05, 3.63) is 126 Å². The fraction of sp³-hybridized carbons (Fsp3) is 0.566. The molecule has 3 radical (unpaired) electrons. The van der Waals surface area contributed by atoms with Crippen LogP contribution in [0.1, 0.15) is 197 Å². The molecule has 0 spiro atoms. The van der Waals surface area contributed by atoms with E-state index in [0.29, 0.717) is 0 Å². The fourth-order valence-corrected chi connectivity index (χ4v) is 8.12. The molecular weight excluding hydrogens is 945 g/mol. The van der Waals surface area contributed by atoms with Gasteiger partial charge in [-0.2, -0.15) is 0 Å². The van der Waals surface area contributed by atoms with Gasteiger partial charge in [-0.15, -0.1) is 0 Å². The number of unbranched alkanes of at least 4 members (excludes halogenated alkanes) is 21. The third kappa shape index (κ3) is 23.3. The van der Waals surface area contributed by atoms with Crippen LogP contribution in [0.15, 0.2) is 104 Å². The average Bonchev–Trinajstić information content (AvgIpc) is 3.24. The summed E-state index contributed by atoms with van der Waals surface area (Å²) in [5.74, 6) is 0. The zero-order chi connectivity index (χ0) is 39.3. The van der Waals surface area contributed by atoms with E-state index in [1.807, 2.05) is 0 Å². The predicted octanol–water partition coefficient (Wildman–Crippen LogP) is 14.0. The second kappa shape index (κ2) is 37.1. The monoisotopic (exact) mass is 1030 g/mol. The predicted molar refractivity (Wildman–Crippen MR) is 239 cm³/mol. The van der Waals surface area contributed by atoms with Crippen LogP contribution in [0.2, 0.25) is 0 Å². The number of aryl methyl sites for hydroxylation is 3. The zero-order valence-electron chi connectivity index (χ0n) is 38.0. The van der Waals surface area contributed by atoms with Crippen LogP contribution in [0, 0.1) is 0 Å². The van der Waals surface area contributed by atoms with Crippen LogP contribution in [-0.4, -0.2) is 0 Å². The Labute approximate surface area is 438 Å². The topological polar surface area (TPSA) is 11.6 Å². The molecule has 1 aromatic carbocycles. The largest absolute Gasteiger partial charge is 0.205 e. The molecule has 0 saturated carbocycles. The van der Waals surface area contributed by atoms with Crippen molar-refractivity contribution in [2.24, 2.45) is 0 Å². The third-order valence-electron chi connectivity index (χ3n) is 11.7. The molecule has 0 N–H and O–H groups in total. The molecule has 0 unspecified atom stereocenters. The Kier molecular flexibility index (Phi) is 35.7. The van der Waals surface area contributed by atoms with Crippen LogP contribution in [0.25, 0.3) is 11.1 Å².